The molecule has 1 heterocycles. The second kappa shape index (κ2) is 4.66. The van der Waals surface area contributed by atoms with Crippen LogP contribution in [0.2, 0.25) is 5.02 Å². The largest absolute Gasteiger partial charge is 0.297 e. The number of nitrogens with zero attached hydrogens (tertiary/aromatic N) is 3. The fraction of sp³-hybridized carbons (Fsp3) is 0.125. The summed E-state index contributed by atoms with van der Waals surface area (Å²) in [6.45, 7) is 4.13. The molecule has 1 aromatic heterocycles. The topological polar surface area (TPSA) is 41.6 Å². The van der Waals surface area contributed by atoms with Crippen molar-refractivity contribution in [1.29, 1.82) is 5.26 Å². The van der Waals surface area contributed by atoms with Crippen molar-refractivity contribution in [2.75, 3.05) is 0 Å². The number of rotatable bonds is 1. The van der Waals surface area contributed by atoms with Crippen LogP contribution in [0.5, 0.6) is 0 Å². The summed E-state index contributed by atoms with van der Waals surface area (Å²) < 4.78 is 1.91. The molecule has 0 aliphatic carbocycles. The molecule has 0 aliphatic heterocycles. The monoisotopic (exact) mass is 281 g/mol. The minimum Gasteiger partial charge on any atom is -0.297 e. The summed E-state index contributed by atoms with van der Waals surface area (Å²) in [6, 6.07) is 11.6. The van der Waals surface area contributed by atoms with E-state index in [-0.39, 0.29) is 0 Å². The van der Waals surface area contributed by atoms with Gasteiger partial charge in [0.1, 0.15) is 12.4 Å². The highest BCUT2D eigenvalue weighted by Gasteiger charge is 2.10. The lowest BCUT2D eigenvalue weighted by Gasteiger charge is -2.08. The highest BCUT2D eigenvalue weighted by Crippen LogP contribution is 2.25. The third kappa shape index (κ3) is 1.95. The quantitative estimate of drug-likeness (QED) is 0.672. The molecule has 2 aromatic carbocycles. The second-order valence-electron chi connectivity index (χ2n) is 4.81. The van der Waals surface area contributed by atoms with E-state index in [2.05, 4.69) is 37.0 Å². The second-order valence-corrected chi connectivity index (χ2v) is 5.25. The average Bonchev–Trinajstić information content (AvgIpc) is 2.82. The van der Waals surface area contributed by atoms with Gasteiger partial charge in [0.25, 0.3) is 0 Å². The van der Waals surface area contributed by atoms with Crippen molar-refractivity contribution >= 4 is 22.6 Å². The zero-order valence-electron chi connectivity index (χ0n) is 11.2. The van der Waals surface area contributed by atoms with Crippen molar-refractivity contribution in [3.63, 3.8) is 0 Å². The first kappa shape index (κ1) is 12.7. The third-order valence-corrected chi connectivity index (χ3v) is 3.74. The number of hydrogen-bond donors (Lipinski definition) is 0. The van der Waals surface area contributed by atoms with Gasteiger partial charge < -0.3 is 0 Å². The number of benzene rings is 2. The molecule has 0 fully saturated rings. The van der Waals surface area contributed by atoms with E-state index in [0.29, 0.717) is 10.6 Å². The van der Waals surface area contributed by atoms with Gasteiger partial charge in [-0.05, 0) is 55.3 Å². The molecule has 0 amide bonds. The van der Waals surface area contributed by atoms with E-state index in [9.17, 15) is 5.26 Å². The maximum absolute atomic E-state index is 9.25. The van der Waals surface area contributed by atoms with Gasteiger partial charge in [-0.1, -0.05) is 11.6 Å². The number of nitriles is 1. The number of aryl methyl sites for hydroxylation is 2. The molecule has 0 aliphatic rings. The van der Waals surface area contributed by atoms with Crippen molar-refractivity contribution in [3.8, 4) is 11.8 Å². The van der Waals surface area contributed by atoms with Crippen LogP contribution in [-0.4, -0.2) is 9.55 Å². The lowest BCUT2D eigenvalue weighted by molar-refractivity contribution is 1.08. The number of halogens is 1. The number of hydrogen-bond acceptors (Lipinski definition) is 2. The van der Waals surface area contributed by atoms with Gasteiger partial charge in [0.15, 0.2) is 0 Å². The van der Waals surface area contributed by atoms with Crippen LogP contribution < -0.4 is 0 Å². The van der Waals surface area contributed by atoms with E-state index in [1.165, 1.54) is 11.1 Å². The molecule has 3 aromatic rings. The highest BCUT2D eigenvalue weighted by molar-refractivity contribution is 6.30. The summed E-state index contributed by atoms with van der Waals surface area (Å²) in [5.41, 5.74) is 5.62. The van der Waals surface area contributed by atoms with Crippen molar-refractivity contribution in [2.24, 2.45) is 0 Å². The lowest BCUT2D eigenvalue weighted by atomic mass is 10.1. The first-order valence-corrected chi connectivity index (χ1v) is 6.62. The van der Waals surface area contributed by atoms with Gasteiger partial charge in [0, 0.05) is 5.02 Å². The Hall–Kier alpha value is -2.31. The molecular formula is C16H12ClN3. The Morgan fingerprint density at radius 2 is 1.90 bits per heavy atom. The maximum atomic E-state index is 9.25. The van der Waals surface area contributed by atoms with Gasteiger partial charge in [-0.2, -0.15) is 5.26 Å². The van der Waals surface area contributed by atoms with Crippen molar-refractivity contribution in [3.05, 3.63) is 58.4 Å². The summed E-state index contributed by atoms with van der Waals surface area (Å²) in [5, 5.41) is 9.85. The number of imidazole rings is 1. The summed E-state index contributed by atoms with van der Waals surface area (Å²) in [6.07, 6.45) is 1.73. The molecule has 4 heteroatoms. The molecule has 0 spiro atoms. The average molecular weight is 282 g/mol. The van der Waals surface area contributed by atoms with E-state index in [4.69, 9.17) is 11.6 Å². The van der Waals surface area contributed by atoms with Crippen LogP contribution in [0.3, 0.4) is 0 Å². The van der Waals surface area contributed by atoms with Crippen LogP contribution >= 0.6 is 11.6 Å². The summed E-state index contributed by atoms with van der Waals surface area (Å²) >= 11 is 6.06. The predicted octanol–water partition coefficient (Wildman–Crippen LogP) is 4.17. The van der Waals surface area contributed by atoms with Crippen LogP contribution in [-0.2, 0) is 0 Å². The standard InChI is InChI=1S/C16H12ClN3/c1-10-5-14-16(6-11(10)2)20(9-19-14)15-7-13(17)4-3-12(15)8-18/h3-7,9H,1-2H3. The van der Waals surface area contributed by atoms with Crippen LogP contribution in [0.15, 0.2) is 36.7 Å². The molecule has 20 heavy (non-hydrogen) atoms. The zero-order valence-corrected chi connectivity index (χ0v) is 11.9. The first-order valence-electron chi connectivity index (χ1n) is 6.24. The fourth-order valence-corrected chi connectivity index (χ4v) is 2.42. The normalized spacial score (nSPS) is 10.7. The van der Waals surface area contributed by atoms with Gasteiger partial charge in [-0.25, -0.2) is 4.98 Å². The summed E-state index contributed by atoms with van der Waals surface area (Å²) in [7, 11) is 0. The Bertz CT molecular complexity index is 856. The molecule has 0 bridgehead atoms. The van der Waals surface area contributed by atoms with Gasteiger partial charge in [0.05, 0.1) is 22.3 Å². The molecule has 0 saturated carbocycles. The Kier molecular flexibility index (Phi) is 2.96. The highest BCUT2D eigenvalue weighted by atomic mass is 35.5. The van der Waals surface area contributed by atoms with Crippen molar-refractivity contribution in [1.82, 2.24) is 9.55 Å². The predicted molar refractivity (Wildman–Crippen MR) is 80.3 cm³/mol. The Labute approximate surface area is 122 Å². The molecule has 3 rings (SSSR count). The van der Waals surface area contributed by atoms with E-state index in [1.54, 1.807) is 24.5 Å². The molecule has 0 N–H and O–H groups in total. The van der Waals surface area contributed by atoms with Gasteiger partial charge >= 0.3 is 0 Å². The van der Waals surface area contributed by atoms with Crippen LogP contribution in [0.4, 0.5) is 0 Å². The fourth-order valence-electron chi connectivity index (χ4n) is 2.25. The van der Waals surface area contributed by atoms with Gasteiger partial charge in [-0.3, -0.25) is 4.57 Å². The van der Waals surface area contributed by atoms with Gasteiger partial charge in [0.2, 0.25) is 0 Å². The lowest BCUT2D eigenvalue weighted by Crippen LogP contribution is -1.96. The minimum absolute atomic E-state index is 0.576. The third-order valence-electron chi connectivity index (χ3n) is 3.50. The van der Waals surface area contributed by atoms with E-state index >= 15 is 0 Å². The Morgan fingerprint density at radius 3 is 2.65 bits per heavy atom. The molecule has 98 valence electrons. The van der Waals surface area contributed by atoms with Crippen LogP contribution in [0.25, 0.3) is 16.7 Å². The molecule has 0 atom stereocenters. The minimum atomic E-state index is 0.576. The number of fused-ring (bicyclic) bond motifs is 1. The SMILES string of the molecule is Cc1cc2ncn(-c3cc(Cl)ccc3C#N)c2cc1C. The van der Waals surface area contributed by atoms with Crippen LogP contribution in [0, 0.1) is 25.2 Å². The van der Waals surface area contributed by atoms with Crippen molar-refractivity contribution in [2.45, 2.75) is 13.8 Å². The van der Waals surface area contributed by atoms with Crippen LogP contribution in [0.1, 0.15) is 16.7 Å². The van der Waals surface area contributed by atoms with Crippen molar-refractivity contribution < 1.29 is 0 Å². The molecular weight excluding hydrogens is 270 g/mol. The van der Waals surface area contributed by atoms with E-state index in [1.807, 2.05) is 4.57 Å². The Balaban J connectivity index is 2.33. The van der Waals surface area contributed by atoms with E-state index < -0.39 is 0 Å². The molecule has 3 nitrogen and oxygen atoms in total. The molecule has 0 radical (unpaired) electrons. The van der Waals surface area contributed by atoms with E-state index in [0.717, 1.165) is 16.7 Å². The molecule has 0 unspecified atom stereocenters. The maximum Gasteiger partial charge on any atom is 0.101 e. The summed E-state index contributed by atoms with van der Waals surface area (Å²) in [5.74, 6) is 0. The zero-order chi connectivity index (χ0) is 14.3. The first-order chi connectivity index (χ1) is 9.60. The smallest absolute Gasteiger partial charge is 0.101 e. The number of aromatic nitrogens is 2. The van der Waals surface area contributed by atoms with Gasteiger partial charge in [-0.15, -0.1) is 0 Å². The summed E-state index contributed by atoms with van der Waals surface area (Å²) in [4.78, 5) is 4.41. The molecule has 0 saturated heterocycles. The Morgan fingerprint density at radius 1 is 1.15 bits per heavy atom.